The Morgan fingerprint density at radius 1 is 1.32 bits per heavy atom. The van der Waals surface area contributed by atoms with Gasteiger partial charge in [0.05, 0.1) is 18.7 Å². The van der Waals surface area contributed by atoms with Gasteiger partial charge < -0.3 is 5.11 Å². The van der Waals surface area contributed by atoms with Crippen molar-refractivity contribution in [3.05, 3.63) is 52.6 Å². The minimum Gasteiger partial charge on any atom is -0.481 e. The van der Waals surface area contributed by atoms with E-state index < -0.39 is 5.97 Å². The summed E-state index contributed by atoms with van der Waals surface area (Å²) in [7, 11) is 0. The van der Waals surface area contributed by atoms with Gasteiger partial charge in [-0.2, -0.15) is 5.10 Å². The second-order valence-corrected chi connectivity index (χ2v) is 4.50. The van der Waals surface area contributed by atoms with E-state index in [4.69, 9.17) is 5.11 Å². The molecule has 2 aromatic rings. The molecule has 19 heavy (non-hydrogen) atoms. The number of aliphatic carboxylic acids is 1. The van der Waals surface area contributed by atoms with Crippen molar-refractivity contribution >= 4 is 5.97 Å². The summed E-state index contributed by atoms with van der Waals surface area (Å²) in [6.07, 6.45) is -0.0267. The highest BCUT2D eigenvalue weighted by molar-refractivity contribution is 5.70. The van der Waals surface area contributed by atoms with Crippen molar-refractivity contribution in [2.45, 2.75) is 26.8 Å². The zero-order valence-corrected chi connectivity index (χ0v) is 10.9. The van der Waals surface area contributed by atoms with Gasteiger partial charge >= 0.3 is 5.97 Å². The highest BCUT2D eigenvalue weighted by Crippen LogP contribution is 2.15. The van der Waals surface area contributed by atoms with Crippen LogP contribution in [-0.2, 0) is 17.8 Å². The van der Waals surface area contributed by atoms with E-state index >= 15 is 0 Å². The van der Waals surface area contributed by atoms with Crippen LogP contribution >= 0.6 is 0 Å². The number of aryl methyl sites for hydroxylation is 1. The van der Waals surface area contributed by atoms with E-state index in [9.17, 15) is 9.18 Å². The Hall–Kier alpha value is -2.17. The molecule has 2 rings (SSSR count). The van der Waals surface area contributed by atoms with Crippen molar-refractivity contribution in [3.8, 4) is 0 Å². The Bertz CT molecular complexity index is 603. The smallest absolute Gasteiger partial charge is 0.307 e. The molecule has 0 aliphatic rings. The topological polar surface area (TPSA) is 55.1 Å². The molecule has 1 N–H and O–H groups in total. The van der Waals surface area contributed by atoms with Crippen molar-refractivity contribution in [1.82, 2.24) is 9.78 Å². The van der Waals surface area contributed by atoms with Gasteiger partial charge in [0.15, 0.2) is 0 Å². The molecule has 4 nitrogen and oxygen atoms in total. The molecule has 1 aromatic heterocycles. The van der Waals surface area contributed by atoms with Crippen molar-refractivity contribution in [2.24, 2.45) is 0 Å². The number of carboxylic acids is 1. The van der Waals surface area contributed by atoms with Gasteiger partial charge in [-0.05, 0) is 31.5 Å². The fourth-order valence-electron chi connectivity index (χ4n) is 2.06. The van der Waals surface area contributed by atoms with Crippen molar-refractivity contribution in [3.63, 3.8) is 0 Å². The van der Waals surface area contributed by atoms with Crippen LogP contribution in [-0.4, -0.2) is 20.9 Å². The molecule has 5 heteroatoms. The second-order valence-electron chi connectivity index (χ2n) is 4.50. The highest BCUT2D eigenvalue weighted by atomic mass is 19.1. The minimum absolute atomic E-state index is 0.0267. The summed E-state index contributed by atoms with van der Waals surface area (Å²) in [5.41, 5.74) is 3.23. The van der Waals surface area contributed by atoms with E-state index in [0.717, 1.165) is 22.5 Å². The molecule has 1 heterocycles. The molecule has 0 aliphatic heterocycles. The molecule has 0 fully saturated rings. The fraction of sp³-hybridized carbons (Fsp3) is 0.286. The van der Waals surface area contributed by atoms with Crippen LogP contribution in [0.5, 0.6) is 0 Å². The number of rotatable bonds is 4. The molecular formula is C14H15FN2O2. The van der Waals surface area contributed by atoms with E-state index in [-0.39, 0.29) is 12.2 Å². The van der Waals surface area contributed by atoms with Gasteiger partial charge in [-0.3, -0.25) is 9.48 Å². The van der Waals surface area contributed by atoms with Gasteiger partial charge in [0.25, 0.3) is 0 Å². The first-order valence-corrected chi connectivity index (χ1v) is 5.96. The van der Waals surface area contributed by atoms with Crippen LogP contribution in [0.15, 0.2) is 24.3 Å². The van der Waals surface area contributed by atoms with Crippen molar-refractivity contribution in [1.29, 1.82) is 0 Å². The third kappa shape index (κ3) is 2.99. The maximum atomic E-state index is 12.8. The predicted octanol–water partition coefficient (Wildman–Crippen LogP) is 2.31. The van der Waals surface area contributed by atoms with E-state index in [1.807, 2.05) is 6.92 Å². The van der Waals surface area contributed by atoms with Crippen LogP contribution in [0.2, 0.25) is 0 Å². The standard InChI is InChI=1S/C14H15FN2O2/c1-9-13(7-14(18)19)10(2)17(16-9)8-11-3-5-12(15)6-4-11/h3-6H,7-8H2,1-2H3,(H,18,19). The molecule has 100 valence electrons. The zero-order chi connectivity index (χ0) is 14.0. The molecule has 0 unspecified atom stereocenters. The largest absolute Gasteiger partial charge is 0.481 e. The predicted molar refractivity (Wildman–Crippen MR) is 68.5 cm³/mol. The number of nitrogens with zero attached hydrogens (tertiary/aromatic N) is 2. The lowest BCUT2D eigenvalue weighted by Gasteiger charge is -2.05. The first kappa shape index (κ1) is 13.3. The number of benzene rings is 1. The molecule has 1 aromatic carbocycles. The Kier molecular flexibility index (Phi) is 3.64. The number of hydrogen-bond donors (Lipinski definition) is 1. The van der Waals surface area contributed by atoms with Crippen LogP contribution in [0, 0.1) is 19.7 Å². The highest BCUT2D eigenvalue weighted by Gasteiger charge is 2.14. The Morgan fingerprint density at radius 3 is 2.53 bits per heavy atom. The van der Waals surface area contributed by atoms with Crippen LogP contribution < -0.4 is 0 Å². The van der Waals surface area contributed by atoms with E-state index in [1.165, 1.54) is 12.1 Å². The molecule has 0 saturated heterocycles. The summed E-state index contributed by atoms with van der Waals surface area (Å²) in [4.78, 5) is 10.8. The summed E-state index contributed by atoms with van der Waals surface area (Å²) in [5, 5.41) is 13.2. The molecule has 0 aliphatic carbocycles. The summed E-state index contributed by atoms with van der Waals surface area (Å²) in [5.74, 6) is -1.14. The van der Waals surface area contributed by atoms with Crippen LogP contribution in [0.3, 0.4) is 0 Å². The molecule has 0 amide bonds. The number of carbonyl (C=O) groups is 1. The maximum Gasteiger partial charge on any atom is 0.307 e. The lowest BCUT2D eigenvalue weighted by molar-refractivity contribution is -0.136. The van der Waals surface area contributed by atoms with Gasteiger partial charge in [-0.25, -0.2) is 4.39 Å². The molecule has 0 saturated carbocycles. The second kappa shape index (κ2) is 5.22. The average molecular weight is 262 g/mol. The number of halogens is 1. The van der Waals surface area contributed by atoms with Gasteiger partial charge in [-0.15, -0.1) is 0 Å². The maximum absolute atomic E-state index is 12.8. The first-order valence-electron chi connectivity index (χ1n) is 5.96. The fourth-order valence-corrected chi connectivity index (χ4v) is 2.06. The molecule has 0 radical (unpaired) electrons. The third-order valence-corrected chi connectivity index (χ3v) is 3.10. The van der Waals surface area contributed by atoms with Crippen molar-refractivity contribution in [2.75, 3.05) is 0 Å². The van der Waals surface area contributed by atoms with E-state index in [2.05, 4.69) is 5.10 Å². The summed E-state index contributed by atoms with van der Waals surface area (Å²) < 4.78 is 14.6. The SMILES string of the molecule is Cc1nn(Cc2ccc(F)cc2)c(C)c1CC(=O)O. The number of carboxylic acid groups (broad SMARTS) is 1. The van der Waals surface area contributed by atoms with Gasteiger partial charge in [-0.1, -0.05) is 12.1 Å². The van der Waals surface area contributed by atoms with Gasteiger partial charge in [0, 0.05) is 11.3 Å². The van der Waals surface area contributed by atoms with E-state index in [1.54, 1.807) is 23.7 Å². The molecule has 0 bridgehead atoms. The number of hydrogen-bond acceptors (Lipinski definition) is 2. The minimum atomic E-state index is -0.868. The molecule has 0 atom stereocenters. The van der Waals surface area contributed by atoms with E-state index in [0.29, 0.717) is 6.54 Å². The summed E-state index contributed by atoms with van der Waals surface area (Å²) in [6.45, 7) is 4.15. The van der Waals surface area contributed by atoms with Crippen LogP contribution in [0.4, 0.5) is 4.39 Å². The van der Waals surface area contributed by atoms with Crippen molar-refractivity contribution < 1.29 is 14.3 Å². The Balaban J connectivity index is 2.26. The first-order chi connectivity index (χ1) is 8.97. The molecule has 0 spiro atoms. The average Bonchev–Trinajstić information content (AvgIpc) is 2.60. The number of aromatic nitrogens is 2. The van der Waals surface area contributed by atoms with Gasteiger partial charge in [0.1, 0.15) is 5.82 Å². The summed E-state index contributed by atoms with van der Waals surface area (Å²) >= 11 is 0. The lowest BCUT2D eigenvalue weighted by Crippen LogP contribution is -2.06. The lowest BCUT2D eigenvalue weighted by atomic mass is 10.1. The quantitative estimate of drug-likeness (QED) is 0.920. The zero-order valence-electron chi connectivity index (χ0n) is 10.9. The summed E-state index contributed by atoms with van der Waals surface area (Å²) in [6, 6.07) is 6.20. The van der Waals surface area contributed by atoms with Gasteiger partial charge in [0.2, 0.25) is 0 Å². The van der Waals surface area contributed by atoms with Crippen LogP contribution in [0.25, 0.3) is 0 Å². The third-order valence-electron chi connectivity index (χ3n) is 3.10. The normalized spacial score (nSPS) is 10.7. The monoisotopic (exact) mass is 262 g/mol. The Labute approximate surface area is 110 Å². The van der Waals surface area contributed by atoms with Crippen LogP contribution in [0.1, 0.15) is 22.5 Å². The Morgan fingerprint density at radius 2 is 1.95 bits per heavy atom. The molecular weight excluding hydrogens is 247 g/mol.